The van der Waals surface area contributed by atoms with Gasteiger partial charge in [-0.25, -0.2) is 0 Å². The number of nitrogens with zero attached hydrogens (tertiary/aromatic N) is 2. The Morgan fingerprint density at radius 2 is 2.14 bits per heavy atom. The third kappa shape index (κ3) is 2.90. The van der Waals surface area contributed by atoms with Crippen molar-refractivity contribution < 1.29 is 9.90 Å². The lowest BCUT2D eigenvalue weighted by molar-refractivity contribution is -0.119. The smallest absolute Gasteiger partial charge is 0.229 e. The zero-order valence-corrected chi connectivity index (χ0v) is 11.8. The summed E-state index contributed by atoms with van der Waals surface area (Å²) in [4.78, 5) is 12.4. The van der Waals surface area contributed by atoms with Crippen molar-refractivity contribution in [2.24, 2.45) is 13.0 Å². The maximum Gasteiger partial charge on any atom is 0.229 e. The van der Waals surface area contributed by atoms with Crippen LogP contribution in [0.4, 0.5) is 5.69 Å². The van der Waals surface area contributed by atoms with Gasteiger partial charge in [-0.05, 0) is 29.8 Å². The number of phenols is 1. The number of aromatic nitrogens is 2. The van der Waals surface area contributed by atoms with Crippen LogP contribution in [0.5, 0.6) is 5.75 Å². The van der Waals surface area contributed by atoms with E-state index in [4.69, 9.17) is 0 Å². The van der Waals surface area contributed by atoms with Gasteiger partial charge in [0.2, 0.25) is 5.91 Å². The summed E-state index contributed by atoms with van der Waals surface area (Å²) in [6, 6.07) is 6.49. The average molecular weight is 286 g/mol. The molecule has 6 heteroatoms. The van der Waals surface area contributed by atoms with E-state index in [-0.39, 0.29) is 23.5 Å². The van der Waals surface area contributed by atoms with E-state index in [0.29, 0.717) is 12.2 Å². The van der Waals surface area contributed by atoms with Gasteiger partial charge in [-0.2, -0.15) is 5.10 Å². The molecule has 1 aliphatic heterocycles. The molecule has 110 valence electrons. The Bertz CT molecular complexity index is 635. The predicted molar refractivity (Wildman–Crippen MR) is 79.0 cm³/mol. The van der Waals surface area contributed by atoms with Gasteiger partial charge in [0.15, 0.2) is 0 Å². The number of carbonyl (C=O) groups is 1. The summed E-state index contributed by atoms with van der Waals surface area (Å²) in [6.07, 6.45) is 3.77. The van der Waals surface area contributed by atoms with Gasteiger partial charge in [-0.1, -0.05) is 0 Å². The maximum absolute atomic E-state index is 12.4. The summed E-state index contributed by atoms with van der Waals surface area (Å²) in [6.45, 7) is 1.43. The molecular formula is C15H18N4O2. The number of aromatic hydroxyl groups is 1. The van der Waals surface area contributed by atoms with Crippen molar-refractivity contribution >= 4 is 11.6 Å². The molecule has 3 N–H and O–H groups in total. The van der Waals surface area contributed by atoms with Crippen molar-refractivity contribution in [3.63, 3.8) is 0 Å². The average Bonchev–Trinajstić information content (AvgIpc) is 3.09. The summed E-state index contributed by atoms with van der Waals surface area (Å²) in [7, 11) is 1.87. The number of carbonyl (C=O) groups excluding carboxylic acids is 1. The number of hydrogen-bond donors (Lipinski definition) is 3. The van der Waals surface area contributed by atoms with Crippen LogP contribution in [0.1, 0.15) is 11.5 Å². The van der Waals surface area contributed by atoms with Crippen molar-refractivity contribution in [1.82, 2.24) is 15.1 Å². The molecule has 0 unspecified atom stereocenters. The largest absolute Gasteiger partial charge is 0.508 e. The van der Waals surface area contributed by atoms with Gasteiger partial charge in [0.1, 0.15) is 5.75 Å². The molecule has 6 nitrogen and oxygen atoms in total. The second kappa shape index (κ2) is 5.57. The minimum Gasteiger partial charge on any atom is -0.508 e. The quantitative estimate of drug-likeness (QED) is 0.737. The van der Waals surface area contributed by atoms with Crippen LogP contribution in [-0.4, -0.2) is 33.9 Å². The van der Waals surface area contributed by atoms with E-state index in [0.717, 1.165) is 12.1 Å². The van der Waals surface area contributed by atoms with Crippen LogP contribution in [0.3, 0.4) is 0 Å². The molecule has 0 saturated carbocycles. The predicted octanol–water partition coefficient (Wildman–Crippen LogP) is 1.07. The van der Waals surface area contributed by atoms with Crippen LogP contribution in [0, 0.1) is 5.92 Å². The first-order valence-electron chi connectivity index (χ1n) is 6.92. The van der Waals surface area contributed by atoms with E-state index in [1.807, 2.05) is 19.4 Å². The fraction of sp³-hybridized carbons (Fsp3) is 0.333. The normalized spacial score (nSPS) is 21.4. The van der Waals surface area contributed by atoms with E-state index < -0.39 is 0 Å². The highest BCUT2D eigenvalue weighted by Crippen LogP contribution is 2.29. The number of anilines is 1. The number of amides is 1. The molecule has 1 fully saturated rings. The molecule has 1 amide bonds. The maximum atomic E-state index is 12.4. The Morgan fingerprint density at radius 3 is 2.81 bits per heavy atom. The molecule has 1 saturated heterocycles. The Labute approximate surface area is 122 Å². The van der Waals surface area contributed by atoms with Crippen molar-refractivity contribution in [2.75, 3.05) is 18.4 Å². The van der Waals surface area contributed by atoms with Crippen molar-refractivity contribution in [1.29, 1.82) is 0 Å². The Morgan fingerprint density at radius 1 is 1.38 bits per heavy atom. The number of rotatable bonds is 3. The van der Waals surface area contributed by atoms with Gasteiger partial charge in [-0.3, -0.25) is 9.48 Å². The van der Waals surface area contributed by atoms with E-state index >= 15 is 0 Å². The van der Waals surface area contributed by atoms with Crippen LogP contribution < -0.4 is 10.6 Å². The van der Waals surface area contributed by atoms with Crippen molar-refractivity contribution in [2.45, 2.75) is 5.92 Å². The van der Waals surface area contributed by atoms with Gasteiger partial charge >= 0.3 is 0 Å². The molecule has 0 radical (unpaired) electrons. The molecule has 1 aliphatic rings. The van der Waals surface area contributed by atoms with Crippen LogP contribution in [0.25, 0.3) is 0 Å². The molecule has 0 bridgehead atoms. The van der Waals surface area contributed by atoms with E-state index in [1.165, 1.54) is 0 Å². The monoisotopic (exact) mass is 286 g/mol. The molecule has 0 spiro atoms. The van der Waals surface area contributed by atoms with Crippen LogP contribution in [0.2, 0.25) is 0 Å². The summed E-state index contributed by atoms with van der Waals surface area (Å²) < 4.78 is 1.75. The number of phenolic OH excluding ortho intramolecular Hbond substituents is 1. The lowest BCUT2D eigenvalue weighted by atomic mass is 9.90. The lowest BCUT2D eigenvalue weighted by Gasteiger charge is -2.17. The Balaban J connectivity index is 1.72. The van der Waals surface area contributed by atoms with Gasteiger partial charge in [0.05, 0.1) is 12.1 Å². The molecule has 1 aromatic heterocycles. The number of hydrogen-bond acceptors (Lipinski definition) is 4. The van der Waals surface area contributed by atoms with Crippen molar-refractivity contribution in [3.05, 3.63) is 42.2 Å². The number of benzene rings is 1. The molecule has 2 atom stereocenters. The zero-order chi connectivity index (χ0) is 14.8. The summed E-state index contributed by atoms with van der Waals surface area (Å²) in [5.41, 5.74) is 1.77. The fourth-order valence-corrected chi connectivity index (χ4v) is 2.72. The summed E-state index contributed by atoms with van der Waals surface area (Å²) in [5.74, 6) is 0.183. The van der Waals surface area contributed by atoms with Crippen LogP contribution in [-0.2, 0) is 11.8 Å². The second-order valence-corrected chi connectivity index (χ2v) is 5.35. The molecule has 0 aliphatic carbocycles. The highest BCUT2D eigenvalue weighted by molar-refractivity contribution is 5.93. The third-order valence-electron chi connectivity index (χ3n) is 3.84. The molecule has 2 heterocycles. The van der Waals surface area contributed by atoms with E-state index in [9.17, 15) is 9.90 Å². The van der Waals surface area contributed by atoms with Gasteiger partial charge in [0, 0.05) is 37.9 Å². The first kappa shape index (κ1) is 13.6. The lowest BCUT2D eigenvalue weighted by Crippen LogP contribution is -2.27. The third-order valence-corrected chi connectivity index (χ3v) is 3.84. The van der Waals surface area contributed by atoms with E-state index in [2.05, 4.69) is 15.7 Å². The first-order valence-corrected chi connectivity index (χ1v) is 6.92. The number of aryl methyl sites for hydroxylation is 1. The van der Waals surface area contributed by atoms with Gasteiger partial charge < -0.3 is 15.7 Å². The second-order valence-electron chi connectivity index (χ2n) is 5.35. The van der Waals surface area contributed by atoms with E-state index in [1.54, 1.807) is 28.9 Å². The minimum absolute atomic E-state index is 0.0143. The summed E-state index contributed by atoms with van der Waals surface area (Å²) >= 11 is 0. The summed E-state index contributed by atoms with van der Waals surface area (Å²) in [5, 5.41) is 19.6. The number of nitrogens with one attached hydrogen (secondary N) is 2. The van der Waals surface area contributed by atoms with Gasteiger partial charge in [-0.15, -0.1) is 0 Å². The highest BCUT2D eigenvalue weighted by atomic mass is 16.3. The fourth-order valence-electron chi connectivity index (χ4n) is 2.72. The topological polar surface area (TPSA) is 79.2 Å². The van der Waals surface area contributed by atoms with Crippen molar-refractivity contribution in [3.8, 4) is 5.75 Å². The highest BCUT2D eigenvalue weighted by Gasteiger charge is 2.34. The molecule has 1 aromatic carbocycles. The molecule has 2 aromatic rings. The molecular weight excluding hydrogens is 268 g/mol. The van der Waals surface area contributed by atoms with Crippen LogP contribution >= 0.6 is 0 Å². The zero-order valence-electron chi connectivity index (χ0n) is 11.8. The Hall–Kier alpha value is -2.34. The molecule has 21 heavy (non-hydrogen) atoms. The Kier molecular flexibility index (Phi) is 3.62. The SMILES string of the molecule is Cn1cc([C@H]2CNC[C@@H]2C(=O)Nc2ccc(O)cc2)cn1. The first-order chi connectivity index (χ1) is 10.1. The van der Waals surface area contributed by atoms with Gasteiger partial charge in [0.25, 0.3) is 0 Å². The van der Waals surface area contributed by atoms with Crippen LogP contribution in [0.15, 0.2) is 36.7 Å². The standard InChI is InChI=1S/C15H18N4O2/c1-19-9-10(6-17-19)13-7-16-8-14(13)15(21)18-11-2-4-12(20)5-3-11/h2-6,9,13-14,16,20H,7-8H2,1H3,(H,18,21)/t13-,14+/m1/s1. The molecule has 3 rings (SSSR count). The minimum atomic E-state index is -0.122.